The number of anilines is 1. The summed E-state index contributed by atoms with van der Waals surface area (Å²) in [5, 5.41) is 15.0. The fourth-order valence-corrected chi connectivity index (χ4v) is 3.46. The number of rotatable bonds is 4. The number of benzene rings is 2. The van der Waals surface area contributed by atoms with E-state index >= 15 is 0 Å². The molecule has 0 saturated carbocycles. The summed E-state index contributed by atoms with van der Waals surface area (Å²) in [6.07, 6.45) is 0. The SMILES string of the molecule is Cc1nc(-c2ccc([N+](=O)[O-])cc2)c(C(=O)Nc2cc(Cl)ccc2Cl)s1. The van der Waals surface area contributed by atoms with Crippen LogP contribution in [0.2, 0.25) is 10.0 Å². The molecule has 3 rings (SSSR count). The van der Waals surface area contributed by atoms with Crippen LogP contribution in [0.4, 0.5) is 11.4 Å². The molecule has 0 fully saturated rings. The van der Waals surface area contributed by atoms with E-state index in [1.165, 1.54) is 23.5 Å². The zero-order valence-electron chi connectivity index (χ0n) is 13.3. The smallest absolute Gasteiger partial charge is 0.269 e. The lowest BCUT2D eigenvalue weighted by Crippen LogP contribution is -2.11. The van der Waals surface area contributed by atoms with Gasteiger partial charge in [0, 0.05) is 22.7 Å². The second-order valence-electron chi connectivity index (χ2n) is 5.29. The van der Waals surface area contributed by atoms with Crippen LogP contribution in [0.25, 0.3) is 11.3 Å². The van der Waals surface area contributed by atoms with Crippen molar-refractivity contribution in [3.05, 3.63) is 72.5 Å². The molecule has 26 heavy (non-hydrogen) atoms. The average Bonchev–Trinajstić information content (AvgIpc) is 3.00. The number of hydrogen-bond acceptors (Lipinski definition) is 5. The van der Waals surface area contributed by atoms with E-state index < -0.39 is 4.92 Å². The molecule has 1 aromatic heterocycles. The number of thiazole rings is 1. The Morgan fingerprint density at radius 3 is 2.54 bits per heavy atom. The number of carbonyl (C=O) groups is 1. The maximum atomic E-state index is 12.7. The summed E-state index contributed by atoms with van der Waals surface area (Å²) in [6.45, 7) is 1.78. The van der Waals surface area contributed by atoms with Gasteiger partial charge in [0.1, 0.15) is 4.88 Å². The minimum atomic E-state index is -0.481. The highest BCUT2D eigenvalue weighted by Gasteiger charge is 2.20. The van der Waals surface area contributed by atoms with Crippen LogP contribution < -0.4 is 5.32 Å². The van der Waals surface area contributed by atoms with Crippen LogP contribution in [-0.4, -0.2) is 15.8 Å². The average molecular weight is 408 g/mol. The predicted molar refractivity (Wildman–Crippen MR) is 103 cm³/mol. The van der Waals surface area contributed by atoms with Crippen molar-refractivity contribution in [3.63, 3.8) is 0 Å². The van der Waals surface area contributed by atoms with Crippen LogP contribution >= 0.6 is 34.5 Å². The van der Waals surface area contributed by atoms with Crippen LogP contribution in [0.15, 0.2) is 42.5 Å². The molecule has 1 amide bonds. The van der Waals surface area contributed by atoms with Crippen molar-refractivity contribution in [1.82, 2.24) is 4.98 Å². The first-order valence-electron chi connectivity index (χ1n) is 7.34. The molecule has 1 heterocycles. The fraction of sp³-hybridized carbons (Fsp3) is 0.0588. The van der Waals surface area contributed by atoms with Crippen LogP contribution in [0, 0.1) is 17.0 Å². The predicted octanol–water partition coefficient (Wildman–Crippen LogP) is 5.59. The van der Waals surface area contributed by atoms with Crippen molar-refractivity contribution in [2.45, 2.75) is 6.92 Å². The minimum absolute atomic E-state index is 0.0302. The number of nitro groups is 1. The molecule has 0 radical (unpaired) electrons. The molecular weight excluding hydrogens is 397 g/mol. The molecule has 1 N–H and O–H groups in total. The Labute approximate surface area is 162 Å². The van der Waals surface area contributed by atoms with Gasteiger partial charge in [-0.2, -0.15) is 0 Å². The number of amides is 1. The molecule has 0 aliphatic carbocycles. The van der Waals surface area contributed by atoms with E-state index in [0.717, 1.165) is 0 Å². The molecule has 9 heteroatoms. The maximum Gasteiger partial charge on any atom is 0.269 e. The summed E-state index contributed by atoms with van der Waals surface area (Å²) < 4.78 is 0. The van der Waals surface area contributed by atoms with Crippen molar-refractivity contribution in [3.8, 4) is 11.3 Å². The molecule has 0 spiro atoms. The van der Waals surface area contributed by atoms with Crippen LogP contribution in [0.3, 0.4) is 0 Å². The standard InChI is InChI=1S/C17H11Cl2N3O3S/c1-9-20-15(10-2-5-12(6-3-10)22(24)25)16(26-9)17(23)21-14-8-11(18)4-7-13(14)19/h2-8H,1H3,(H,21,23). The van der Waals surface area contributed by atoms with Gasteiger partial charge in [-0.15, -0.1) is 11.3 Å². The topological polar surface area (TPSA) is 85.1 Å². The molecule has 2 aromatic carbocycles. The lowest BCUT2D eigenvalue weighted by Gasteiger charge is -2.08. The molecule has 6 nitrogen and oxygen atoms in total. The Bertz CT molecular complexity index is 1000. The molecule has 132 valence electrons. The number of carbonyl (C=O) groups excluding carboxylic acids is 1. The number of nitrogens with zero attached hydrogens (tertiary/aromatic N) is 2. The summed E-state index contributed by atoms with van der Waals surface area (Å²) in [6, 6.07) is 10.7. The van der Waals surface area contributed by atoms with E-state index in [2.05, 4.69) is 10.3 Å². The largest absolute Gasteiger partial charge is 0.320 e. The number of halogens is 2. The lowest BCUT2D eigenvalue weighted by molar-refractivity contribution is -0.384. The third kappa shape index (κ3) is 3.85. The summed E-state index contributed by atoms with van der Waals surface area (Å²) >= 11 is 13.3. The van der Waals surface area contributed by atoms with Gasteiger partial charge in [0.25, 0.3) is 11.6 Å². The summed E-state index contributed by atoms with van der Waals surface area (Å²) in [4.78, 5) is 27.8. The first kappa shape index (κ1) is 18.3. The first-order chi connectivity index (χ1) is 12.3. The minimum Gasteiger partial charge on any atom is -0.320 e. The summed E-state index contributed by atoms with van der Waals surface area (Å²) in [7, 11) is 0. The Hall–Kier alpha value is -2.48. The zero-order chi connectivity index (χ0) is 18.8. The van der Waals surface area contributed by atoms with Crippen LogP contribution in [0.1, 0.15) is 14.7 Å². The van der Waals surface area contributed by atoms with E-state index in [1.54, 1.807) is 37.3 Å². The quantitative estimate of drug-likeness (QED) is 0.451. The van der Waals surface area contributed by atoms with E-state index in [4.69, 9.17) is 23.2 Å². The van der Waals surface area contributed by atoms with Crippen molar-refractivity contribution in [1.29, 1.82) is 0 Å². The van der Waals surface area contributed by atoms with Gasteiger partial charge in [-0.3, -0.25) is 14.9 Å². The highest BCUT2D eigenvalue weighted by Crippen LogP contribution is 2.31. The van der Waals surface area contributed by atoms with Crippen molar-refractivity contribution in [2.75, 3.05) is 5.32 Å². The van der Waals surface area contributed by atoms with Gasteiger partial charge in [0.05, 0.1) is 26.3 Å². The van der Waals surface area contributed by atoms with Gasteiger partial charge in [0.15, 0.2) is 0 Å². The molecule has 0 saturated heterocycles. The second kappa shape index (κ2) is 7.41. The van der Waals surface area contributed by atoms with E-state index in [1.807, 2.05) is 0 Å². The normalized spacial score (nSPS) is 10.6. The number of hydrogen-bond donors (Lipinski definition) is 1. The Morgan fingerprint density at radius 1 is 1.19 bits per heavy atom. The monoisotopic (exact) mass is 407 g/mol. The number of aryl methyl sites for hydroxylation is 1. The molecule has 3 aromatic rings. The first-order valence-corrected chi connectivity index (χ1v) is 8.91. The van der Waals surface area contributed by atoms with Gasteiger partial charge in [-0.25, -0.2) is 4.98 Å². The molecule has 0 aliphatic rings. The number of non-ortho nitro benzene ring substituents is 1. The van der Waals surface area contributed by atoms with Crippen molar-refractivity contribution >= 4 is 51.8 Å². The van der Waals surface area contributed by atoms with E-state index in [0.29, 0.717) is 36.9 Å². The third-order valence-electron chi connectivity index (χ3n) is 3.47. The third-order valence-corrected chi connectivity index (χ3v) is 5.00. The van der Waals surface area contributed by atoms with Gasteiger partial charge in [-0.05, 0) is 37.3 Å². The fourth-order valence-electron chi connectivity index (χ4n) is 2.29. The summed E-state index contributed by atoms with van der Waals surface area (Å²) in [5.74, 6) is -0.381. The van der Waals surface area contributed by atoms with Crippen molar-refractivity contribution in [2.24, 2.45) is 0 Å². The van der Waals surface area contributed by atoms with Gasteiger partial charge in [-0.1, -0.05) is 23.2 Å². The van der Waals surface area contributed by atoms with Crippen LogP contribution in [0.5, 0.6) is 0 Å². The van der Waals surface area contributed by atoms with E-state index in [9.17, 15) is 14.9 Å². The molecule has 0 atom stereocenters. The molecule has 0 bridgehead atoms. The molecule has 0 aliphatic heterocycles. The summed E-state index contributed by atoms with van der Waals surface area (Å²) in [5.41, 5.74) is 1.43. The Kier molecular flexibility index (Phi) is 5.22. The van der Waals surface area contributed by atoms with Gasteiger partial charge < -0.3 is 5.32 Å². The lowest BCUT2D eigenvalue weighted by atomic mass is 10.1. The highest BCUT2D eigenvalue weighted by molar-refractivity contribution is 7.14. The Morgan fingerprint density at radius 2 is 1.88 bits per heavy atom. The number of nitrogens with one attached hydrogen (secondary N) is 1. The highest BCUT2D eigenvalue weighted by atomic mass is 35.5. The van der Waals surface area contributed by atoms with Gasteiger partial charge >= 0.3 is 0 Å². The number of nitro benzene ring substituents is 1. The Balaban J connectivity index is 1.94. The zero-order valence-corrected chi connectivity index (χ0v) is 15.7. The maximum absolute atomic E-state index is 12.7. The van der Waals surface area contributed by atoms with Crippen LogP contribution in [-0.2, 0) is 0 Å². The van der Waals surface area contributed by atoms with E-state index in [-0.39, 0.29) is 11.6 Å². The molecule has 0 unspecified atom stereocenters. The van der Waals surface area contributed by atoms with Gasteiger partial charge in [0.2, 0.25) is 0 Å². The second-order valence-corrected chi connectivity index (χ2v) is 7.34. The number of aromatic nitrogens is 1. The van der Waals surface area contributed by atoms with Crippen molar-refractivity contribution < 1.29 is 9.72 Å². The molecular formula is C17H11Cl2N3O3S.